The van der Waals surface area contributed by atoms with Gasteiger partial charge in [-0.3, -0.25) is 0 Å². The first-order valence-electron chi connectivity index (χ1n) is 3.85. The highest BCUT2D eigenvalue weighted by molar-refractivity contribution is 7.80. The molecule has 0 heterocycles. The minimum atomic E-state index is 0.0821. The van der Waals surface area contributed by atoms with Crippen molar-refractivity contribution in [2.75, 3.05) is 7.05 Å². The summed E-state index contributed by atoms with van der Waals surface area (Å²) in [5.41, 5.74) is 16.7. The van der Waals surface area contributed by atoms with Gasteiger partial charge in [-0.25, -0.2) is 4.99 Å². The second-order valence-corrected chi connectivity index (χ2v) is 3.09. The molecule has 78 valence electrons. The summed E-state index contributed by atoms with van der Waals surface area (Å²) >= 11 is 4.74. The molecule has 0 saturated carbocycles. The number of thiocarbonyl (C=S) groups is 1. The topological polar surface area (TPSA) is 93.7 Å². The molecule has 0 aliphatic rings. The lowest BCUT2D eigenvalue weighted by Crippen LogP contribution is -2.25. The Labute approximate surface area is 88.9 Å². The van der Waals surface area contributed by atoms with Crippen LogP contribution in [0.25, 0.3) is 0 Å². The zero-order chi connectivity index (χ0) is 11.3. The van der Waals surface area contributed by atoms with Gasteiger partial charge in [0.15, 0.2) is 5.82 Å². The molecule has 0 atom stereocenters. The molecule has 0 aromatic rings. The molecule has 6 heteroatoms. The van der Waals surface area contributed by atoms with E-state index in [4.69, 9.17) is 29.4 Å². The Bertz CT molecular complexity index is 301. The molecule has 0 aromatic carbocycles. The minimum Gasteiger partial charge on any atom is -0.393 e. The fraction of sp³-hybridized carbons (Fsp3) is 0.250. The molecule has 0 fully saturated rings. The number of amidine groups is 1. The van der Waals surface area contributed by atoms with Crippen molar-refractivity contribution in [2.24, 2.45) is 22.2 Å². The molecule has 0 aliphatic heterocycles. The largest absolute Gasteiger partial charge is 0.393 e. The second-order valence-electron chi connectivity index (χ2n) is 2.65. The van der Waals surface area contributed by atoms with Gasteiger partial charge in [-0.2, -0.15) is 0 Å². The Morgan fingerprint density at radius 3 is 2.21 bits per heavy atom. The van der Waals surface area contributed by atoms with Gasteiger partial charge >= 0.3 is 0 Å². The van der Waals surface area contributed by atoms with Crippen molar-refractivity contribution < 1.29 is 0 Å². The van der Waals surface area contributed by atoms with Crippen LogP contribution in [-0.4, -0.2) is 22.8 Å². The molecular formula is C8H15N5S. The molecule has 0 spiro atoms. The van der Waals surface area contributed by atoms with Crippen LogP contribution < -0.4 is 17.2 Å². The molecule has 5 nitrogen and oxygen atoms in total. The van der Waals surface area contributed by atoms with Gasteiger partial charge in [-0.05, 0) is 13.1 Å². The van der Waals surface area contributed by atoms with E-state index in [2.05, 4.69) is 11.6 Å². The highest BCUT2D eigenvalue weighted by Crippen LogP contribution is 2.07. The minimum absolute atomic E-state index is 0.0821. The van der Waals surface area contributed by atoms with E-state index in [-0.39, 0.29) is 10.7 Å². The van der Waals surface area contributed by atoms with Crippen LogP contribution in [0.2, 0.25) is 0 Å². The van der Waals surface area contributed by atoms with Crippen molar-refractivity contribution in [1.29, 1.82) is 0 Å². The number of hydrogen-bond donors (Lipinski definition) is 3. The van der Waals surface area contributed by atoms with Crippen LogP contribution in [0.3, 0.4) is 0 Å². The normalized spacial score (nSPS) is 13.1. The van der Waals surface area contributed by atoms with Gasteiger partial charge < -0.3 is 22.1 Å². The molecule has 0 amide bonds. The third-order valence-corrected chi connectivity index (χ3v) is 1.62. The highest BCUT2D eigenvalue weighted by Gasteiger charge is 2.08. The second kappa shape index (κ2) is 5.23. The summed E-state index contributed by atoms with van der Waals surface area (Å²) in [6, 6.07) is 0. The number of nitrogens with two attached hydrogens (primary N) is 3. The first-order valence-corrected chi connectivity index (χ1v) is 4.26. The van der Waals surface area contributed by atoms with E-state index in [9.17, 15) is 0 Å². The Morgan fingerprint density at radius 1 is 1.43 bits per heavy atom. The standard InChI is InChI=1S/C8H15N5S/c1-4-13(3)8(12-5(2)9)6(10)7(11)14/h4H,1,10H2,2-3H3,(H2,9,12)(H2,11,14)/b8-6-. The van der Waals surface area contributed by atoms with Crippen LogP contribution in [0.4, 0.5) is 0 Å². The number of aliphatic imine (C=N–C) groups is 1. The van der Waals surface area contributed by atoms with Crippen LogP contribution >= 0.6 is 12.2 Å². The average Bonchev–Trinajstić information content (AvgIpc) is 2.11. The van der Waals surface area contributed by atoms with Crippen molar-refractivity contribution in [3.8, 4) is 0 Å². The van der Waals surface area contributed by atoms with E-state index < -0.39 is 0 Å². The van der Waals surface area contributed by atoms with Gasteiger partial charge in [-0.1, -0.05) is 18.8 Å². The highest BCUT2D eigenvalue weighted by atomic mass is 32.1. The van der Waals surface area contributed by atoms with Gasteiger partial charge in [0, 0.05) is 7.05 Å². The summed E-state index contributed by atoms with van der Waals surface area (Å²) in [6.45, 7) is 5.22. The maximum absolute atomic E-state index is 5.65. The van der Waals surface area contributed by atoms with Gasteiger partial charge in [0.2, 0.25) is 0 Å². The molecule has 14 heavy (non-hydrogen) atoms. The fourth-order valence-electron chi connectivity index (χ4n) is 0.693. The van der Waals surface area contributed by atoms with Crippen LogP contribution in [-0.2, 0) is 0 Å². The summed E-state index contributed by atoms with van der Waals surface area (Å²) in [7, 11) is 1.72. The molecular weight excluding hydrogens is 198 g/mol. The monoisotopic (exact) mass is 213 g/mol. The lowest BCUT2D eigenvalue weighted by atomic mass is 10.4. The quantitative estimate of drug-likeness (QED) is 0.261. The number of nitrogens with zero attached hydrogens (tertiary/aromatic N) is 2. The van der Waals surface area contributed by atoms with Crippen LogP contribution in [0.15, 0.2) is 29.3 Å². The number of rotatable bonds is 4. The third-order valence-electron chi connectivity index (χ3n) is 1.40. The first-order chi connectivity index (χ1) is 6.40. The van der Waals surface area contributed by atoms with E-state index in [1.165, 1.54) is 6.20 Å². The SMILES string of the molecule is C=CN(C)/C(N=C(C)N)=C(\N)C(N)=S. The Balaban J connectivity index is 5.30. The molecule has 0 aromatic heterocycles. The smallest absolute Gasteiger partial charge is 0.160 e. The maximum Gasteiger partial charge on any atom is 0.160 e. The fourth-order valence-corrected chi connectivity index (χ4v) is 0.784. The zero-order valence-electron chi connectivity index (χ0n) is 8.32. The Hall–Kier alpha value is -1.56. The molecule has 0 radical (unpaired) electrons. The lowest BCUT2D eigenvalue weighted by Gasteiger charge is -2.16. The molecule has 0 saturated heterocycles. The van der Waals surface area contributed by atoms with E-state index in [1.54, 1.807) is 18.9 Å². The van der Waals surface area contributed by atoms with E-state index in [1.807, 2.05) is 0 Å². The summed E-state index contributed by atoms with van der Waals surface area (Å²) in [4.78, 5) is 5.68. The number of hydrogen-bond acceptors (Lipinski definition) is 4. The van der Waals surface area contributed by atoms with Gasteiger partial charge in [0.25, 0.3) is 0 Å². The molecule has 0 rings (SSSR count). The average molecular weight is 213 g/mol. The first kappa shape index (κ1) is 12.4. The zero-order valence-corrected chi connectivity index (χ0v) is 9.14. The predicted octanol–water partition coefficient (Wildman–Crippen LogP) is -0.147. The third kappa shape index (κ3) is 3.44. The van der Waals surface area contributed by atoms with Crippen molar-refractivity contribution in [3.63, 3.8) is 0 Å². The van der Waals surface area contributed by atoms with Crippen molar-refractivity contribution in [3.05, 3.63) is 24.3 Å². The van der Waals surface area contributed by atoms with Gasteiger partial charge in [-0.15, -0.1) is 0 Å². The molecule has 0 unspecified atom stereocenters. The predicted molar refractivity (Wildman–Crippen MR) is 63.3 cm³/mol. The van der Waals surface area contributed by atoms with E-state index in [0.29, 0.717) is 11.7 Å². The Kier molecular flexibility index (Phi) is 4.65. The van der Waals surface area contributed by atoms with E-state index in [0.717, 1.165) is 0 Å². The van der Waals surface area contributed by atoms with Crippen LogP contribution in [0.1, 0.15) is 6.92 Å². The molecule has 0 bridgehead atoms. The lowest BCUT2D eigenvalue weighted by molar-refractivity contribution is 0.558. The summed E-state index contributed by atoms with van der Waals surface area (Å²) in [5.74, 6) is 0.764. The van der Waals surface area contributed by atoms with Crippen molar-refractivity contribution >= 4 is 23.0 Å². The van der Waals surface area contributed by atoms with Gasteiger partial charge in [0.1, 0.15) is 10.7 Å². The molecule has 0 aliphatic carbocycles. The maximum atomic E-state index is 5.65. The van der Waals surface area contributed by atoms with Gasteiger partial charge in [0.05, 0.1) is 5.84 Å². The van der Waals surface area contributed by atoms with E-state index >= 15 is 0 Å². The summed E-state index contributed by atoms with van der Waals surface area (Å²) < 4.78 is 0. The van der Waals surface area contributed by atoms with Crippen molar-refractivity contribution in [2.45, 2.75) is 6.92 Å². The van der Waals surface area contributed by atoms with Crippen molar-refractivity contribution in [1.82, 2.24) is 4.90 Å². The Morgan fingerprint density at radius 2 is 1.93 bits per heavy atom. The summed E-state index contributed by atoms with van der Waals surface area (Å²) in [5, 5.41) is 0. The summed E-state index contributed by atoms with van der Waals surface area (Å²) in [6.07, 6.45) is 1.53. The van der Waals surface area contributed by atoms with Crippen LogP contribution in [0, 0.1) is 0 Å². The van der Waals surface area contributed by atoms with Crippen LogP contribution in [0.5, 0.6) is 0 Å². The molecule has 6 N–H and O–H groups in total.